The van der Waals surface area contributed by atoms with E-state index < -0.39 is 0 Å². The van der Waals surface area contributed by atoms with Gasteiger partial charge in [-0.2, -0.15) is 0 Å². The first-order valence-electron chi connectivity index (χ1n) is 5.47. The first kappa shape index (κ1) is 12.0. The summed E-state index contributed by atoms with van der Waals surface area (Å²) in [7, 11) is 2.05. The average Bonchev–Trinajstić information content (AvgIpc) is 2.29. The van der Waals surface area contributed by atoms with Crippen LogP contribution >= 0.6 is 0 Å². The van der Waals surface area contributed by atoms with Gasteiger partial charge in [-0.3, -0.25) is 0 Å². The summed E-state index contributed by atoms with van der Waals surface area (Å²) in [5.74, 6) is 2.60. The van der Waals surface area contributed by atoms with Gasteiger partial charge in [0.1, 0.15) is 0 Å². The SMILES string of the molecule is [C+]#CC(c1ccccc1)N(C)CCCC. The molecule has 1 atom stereocenters. The molecule has 0 spiro atoms. The van der Waals surface area contributed by atoms with Crippen LogP contribution in [0.4, 0.5) is 0 Å². The third-order valence-corrected chi connectivity index (χ3v) is 2.56. The minimum absolute atomic E-state index is 0.00208. The Morgan fingerprint density at radius 2 is 2.00 bits per heavy atom. The van der Waals surface area contributed by atoms with E-state index in [1.807, 2.05) is 18.2 Å². The van der Waals surface area contributed by atoms with Crippen molar-refractivity contribution in [1.82, 2.24) is 4.90 Å². The van der Waals surface area contributed by atoms with E-state index in [-0.39, 0.29) is 6.04 Å². The normalized spacial score (nSPS) is 12.6. The van der Waals surface area contributed by atoms with Crippen molar-refractivity contribution in [3.63, 3.8) is 0 Å². The Morgan fingerprint density at radius 1 is 1.33 bits per heavy atom. The van der Waals surface area contributed by atoms with Crippen LogP contribution in [0, 0.1) is 12.3 Å². The molecule has 0 bridgehead atoms. The van der Waals surface area contributed by atoms with Crippen molar-refractivity contribution in [3.05, 3.63) is 42.3 Å². The summed E-state index contributed by atoms with van der Waals surface area (Å²) >= 11 is 0. The van der Waals surface area contributed by atoms with Crippen LogP contribution < -0.4 is 0 Å². The Balaban J connectivity index is 2.68. The van der Waals surface area contributed by atoms with Crippen LogP contribution in [0.3, 0.4) is 0 Å². The van der Waals surface area contributed by atoms with Gasteiger partial charge in [0.25, 0.3) is 0 Å². The fourth-order valence-electron chi connectivity index (χ4n) is 1.62. The van der Waals surface area contributed by atoms with E-state index in [4.69, 9.17) is 6.42 Å². The van der Waals surface area contributed by atoms with Gasteiger partial charge in [-0.05, 0) is 0 Å². The second kappa shape index (κ2) is 6.44. The summed E-state index contributed by atoms with van der Waals surface area (Å²) in [6.07, 6.45) is 9.72. The molecule has 0 N–H and O–H groups in total. The van der Waals surface area contributed by atoms with E-state index in [1.165, 1.54) is 12.8 Å². The molecular formula is C14H18N+. The zero-order valence-corrected chi connectivity index (χ0v) is 9.53. The number of hydrogen-bond donors (Lipinski definition) is 0. The van der Waals surface area contributed by atoms with Crippen molar-refractivity contribution in [3.8, 4) is 5.92 Å². The number of unbranched alkanes of at least 4 members (excludes halogenated alkanes) is 1. The molecule has 1 nitrogen and oxygen atoms in total. The predicted octanol–water partition coefficient (Wildman–Crippen LogP) is 3.05. The molecule has 78 valence electrons. The van der Waals surface area contributed by atoms with Gasteiger partial charge in [0.2, 0.25) is 0 Å². The maximum absolute atomic E-state index is 7.37. The van der Waals surface area contributed by atoms with Crippen molar-refractivity contribution >= 4 is 0 Å². The van der Waals surface area contributed by atoms with Crippen LogP contribution in [0.25, 0.3) is 0 Å². The Hall–Kier alpha value is -1.04. The van der Waals surface area contributed by atoms with Gasteiger partial charge < -0.3 is 0 Å². The van der Waals surface area contributed by atoms with E-state index >= 15 is 0 Å². The Kier molecular flexibility index (Phi) is 5.17. The molecule has 1 aromatic rings. The van der Waals surface area contributed by atoms with E-state index in [0.717, 1.165) is 12.1 Å². The fourth-order valence-corrected chi connectivity index (χ4v) is 1.62. The zero-order chi connectivity index (χ0) is 11.1. The van der Waals surface area contributed by atoms with Crippen LogP contribution in [0.2, 0.25) is 0 Å². The van der Waals surface area contributed by atoms with Gasteiger partial charge in [-0.1, -0.05) is 0 Å². The van der Waals surface area contributed by atoms with Gasteiger partial charge in [-0.25, -0.2) is 0 Å². The monoisotopic (exact) mass is 200 g/mol. The Bertz CT molecular complexity index is 310. The molecule has 1 aromatic carbocycles. The van der Waals surface area contributed by atoms with Crippen molar-refractivity contribution in [2.45, 2.75) is 25.8 Å². The molecule has 0 aliphatic heterocycles. The molecule has 0 radical (unpaired) electrons. The average molecular weight is 200 g/mol. The van der Waals surface area contributed by atoms with Crippen LogP contribution in [0.5, 0.6) is 0 Å². The fraction of sp³-hybridized carbons (Fsp3) is 0.429. The number of rotatable bonds is 5. The molecule has 0 fully saturated rings. The van der Waals surface area contributed by atoms with E-state index in [9.17, 15) is 0 Å². The predicted molar refractivity (Wildman–Crippen MR) is 63.9 cm³/mol. The summed E-state index contributed by atoms with van der Waals surface area (Å²) in [6.45, 7) is 3.20. The molecule has 1 rings (SSSR count). The summed E-state index contributed by atoms with van der Waals surface area (Å²) in [5, 5.41) is 0. The quantitative estimate of drug-likeness (QED) is 0.521. The molecule has 0 aliphatic carbocycles. The van der Waals surface area contributed by atoms with Crippen LogP contribution in [0.15, 0.2) is 30.3 Å². The van der Waals surface area contributed by atoms with E-state index in [0.29, 0.717) is 0 Å². The topological polar surface area (TPSA) is 3.24 Å². The van der Waals surface area contributed by atoms with Gasteiger partial charge >= 0.3 is 92.5 Å². The molecule has 0 heterocycles. The molecule has 0 aromatic heterocycles. The standard InChI is InChI=1S/C14H18N/c1-4-6-12-15(3)14(5-2)13-10-8-7-9-11-13/h7-11,14H,4,6,12H2,1,3H3/q+1. The Labute approximate surface area is 93.1 Å². The van der Waals surface area contributed by atoms with Gasteiger partial charge in [0, 0.05) is 0 Å². The summed E-state index contributed by atoms with van der Waals surface area (Å²) in [6, 6.07) is 10.1. The van der Waals surface area contributed by atoms with Crippen molar-refractivity contribution in [2.24, 2.45) is 0 Å². The minimum atomic E-state index is -0.00208. The van der Waals surface area contributed by atoms with Gasteiger partial charge in [0.05, 0.1) is 0 Å². The summed E-state index contributed by atoms with van der Waals surface area (Å²) in [5.41, 5.74) is 1.14. The number of hydrogen-bond acceptors (Lipinski definition) is 1. The van der Waals surface area contributed by atoms with E-state index in [2.05, 4.69) is 36.9 Å². The van der Waals surface area contributed by atoms with Gasteiger partial charge in [-0.15, -0.1) is 0 Å². The molecule has 0 saturated heterocycles. The maximum atomic E-state index is 7.37. The molecule has 1 heteroatoms. The van der Waals surface area contributed by atoms with Crippen LogP contribution in [0.1, 0.15) is 31.4 Å². The first-order valence-corrected chi connectivity index (χ1v) is 5.47. The molecule has 15 heavy (non-hydrogen) atoms. The van der Waals surface area contributed by atoms with E-state index in [1.54, 1.807) is 0 Å². The third-order valence-electron chi connectivity index (χ3n) is 2.56. The first-order chi connectivity index (χ1) is 7.29. The molecule has 1 unspecified atom stereocenters. The molecular weight excluding hydrogens is 182 g/mol. The molecule has 0 saturated carbocycles. The number of benzene rings is 1. The zero-order valence-electron chi connectivity index (χ0n) is 9.53. The summed E-state index contributed by atoms with van der Waals surface area (Å²) < 4.78 is 0. The molecule has 0 amide bonds. The molecule has 0 aliphatic rings. The second-order valence-corrected chi connectivity index (χ2v) is 3.79. The van der Waals surface area contributed by atoms with Crippen LogP contribution in [-0.2, 0) is 0 Å². The van der Waals surface area contributed by atoms with Gasteiger partial charge in [0.15, 0.2) is 0 Å². The van der Waals surface area contributed by atoms with Crippen molar-refractivity contribution < 1.29 is 0 Å². The second-order valence-electron chi connectivity index (χ2n) is 3.79. The van der Waals surface area contributed by atoms with Crippen LogP contribution in [-0.4, -0.2) is 18.5 Å². The third kappa shape index (κ3) is 3.54. The number of nitrogens with zero attached hydrogens (tertiary/aromatic N) is 1. The van der Waals surface area contributed by atoms with Crippen molar-refractivity contribution in [2.75, 3.05) is 13.6 Å². The summed E-state index contributed by atoms with van der Waals surface area (Å²) in [4.78, 5) is 2.17. The Morgan fingerprint density at radius 3 is 2.53 bits per heavy atom. The van der Waals surface area contributed by atoms with Crippen molar-refractivity contribution in [1.29, 1.82) is 0 Å².